The fourth-order valence-corrected chi connectivity index (χ4v) is 0.995. The van der Waals surface area contributed by atoms with Crippen molar-refractivity contribution in [1.29, 1.82) is 0 Å². The SMILES string of the molecule is CC(N)C(C)C(=O)NCCOCCN(C)C. The molecule has 0 saturated carbocycles. The summed E-state index contributed by atoms with van der Waals surface area (Å²) in [6.45, 7) is 6.33. The monoisotopic (exact) mass is 231 g/mol. The van der Waals surface area contributed by atoms with Crippen LogP contribution in [0.25, 0.3) is 0 Å². The molecule has 3 N–H and O–H groups in total. The smallest absolute Gasteiger partial charge is 0.224 e. The van der Waals surface area contributed by atoms with Gasteiger partial charge in [0.1, 0.15) is 0 Å². The Kier molecular flexibility index (Phi) is 8.15. The summed E-state index contributed by atoms with van der Waals surface area (Å²) in [6, 6.07) is -0.116. The molecule has 0 aliphatic carbocycles. The molecule has 96 valence electrons. The van der Waals surface area contributed by atoms with Crippen molar-refractivity contribution in [2.75, 3.05) is 40.4 Å². The predicted molar refractivity (Wildman–Crippen MR) is 65.2 cm³/mol. The van der Waals surface area contributed by atoms with Gasteiger partial charge in [0.05, 0.1) is 13.2 Å². The number of likely N-dealkylation sites (N-methyl/N-ethyl adjacent to an activating group) is 1. The zero-order valence-electron chi connectivity index (χ0n) is 10.8. The fourth-order valence-electron chi connectivity index (χ4n) is 0.995. The fraction of sp³-hybridized carbons (Fsp3) is 0.909. The Morgan fingerprint density at radius 1 is 1.38 bits per heavy atom. The van der Waals surface area contributed by atoms with Crippen LogP contribution in [-0.2, 0) is 9.53 Å². The minimum Gasteiger partial charge on any atom is -0.378 e. The number of carbonyl (C=O) groups is 1. The molecule has 2 unspecified atom stereocenters. The number of hydrogen-bond acceptors (Lipinski definition) is 4. The Morgan fingerprint density at radius 2 is 2.00 bits per heavy atom. The first-order chi connectivity index (χ1) is 7.45. The van der Waals surface area contributed by atoms with Crippen LogP contribution in [0.3, 0.4) is 0 Å². The lowest BCUT2D eigenvalue weighted by Crippen LogP contribution is -2.39. The van der Waals surface area contributed by atoms with Crippen LogP contribution in [0.15, 0.2) is 0 Å². The summed E-state index contributed by atoms with van der Waals surface area (Å²) in [4.78, 5) is 13.5. The molecule has 0 aromatic carbocycles. The van der Waals surface area contributed by atoms with E-state index in [0.717, 1.165) is 6.54 Å². The highest BCUT2D eigenvalue weighted by molar-refractivity contribution is 5.78. The number of carbonyl (C=O) groups excluding carboxylic acids is 1. The van der Waals surface area contributed by atoms with Crippen molar-refractivity contribution in [1.82, 2.24) is 10.2 Å². The number of nitrogens with two attached hydrogens (primary N) is 1. The number of nitrogens with zero attached hydrogens (tertiary/aromatic N) is 1. The van der Waals surface area contributed by atoms with Crippen LogP contribution in [0.2, 0.25) is 0 Å². The topological polar surface area (TPSA) is 67.6 Å². The number of rotatable bonds is 8. The molecule has 0 aliphatic heterocycles. The maximum absolute atomic E-state index is 11.5. The summed E-state index contributed by atoms with van der Waals surface area (Å²) in [6.07, 6.45) is 0. The van der Waals surface area contributed by atoms with E-state index in [1.54, 1.807) is 0 Å². The van der Waals surface area contributed by atoms with Gasteiger partial charge in [0.15, 0.2) is 0 Å². The van der Waals surface area contributed by atoms with Crippen molar-refractivity contribution in [3.8, 4) is 0 Å². The molecular formula is C11H25N3O2. The summed E-state index contributed by atoms with van der Waals surface area (Å²) in [5.41, 5.74) is 5.62. The second-order valence-corrected chi connectivity index (χ2v) is 4.35. The van der Waals surface area contributed by atoms with Crippen LogP contribution >= 0.6 is 0 Å². The normalized spacial score (nSPS) is 14.9. The molecule has 0 fully saturated rings. The molecule has 0 radical (unpaired) electrons. The van der Waals surface area contributed by atoms with Crippen LogP contribution in [0.4, 0.5) is 0 Å². The van der Waals surface area contributed by atoms with Crippen LogP contribution in [0.5, 0.6) is 0 Å². The van der Waals surface area contributed by atoms with Crippen LogP contribution in [0.1, 0.15) is 13.8 Å². The van der Waals surface area contributed by atoms with Crippen molar-refractivity contribution in [2.24, 2.45) is 11.7 Å². The quantitative estimate of drug-likeness (QED) is 0.561. The van der Waals surface area contributed by atoms with Gasteiger partial charge in [-0.2, -0.15) is 0 Å². The van der Waals surface area contributed by atoms with E-state index in [1.165, 1.54) is 0 Å². The van der Waals surface area contributed by atoms with Gasteiger partial charge >= 0.3 is 0 Å². The summed E-state index contributed by atoms with van der Waals surface area (Å²) in [5, 5.41) is 2.79. The van der Waals surface area contributed by atoms with Gasteiger partial charge in [0.2, 0.25) is 5.91 Å². The molecule has 0 saturated heterocycles. The molecule has 5 nitrogen and oxygen atoms in total. The number of amides is 1. The maximum Gasteiger partial charge on any atom is 0.224 e. The lowest BCUT2D eigenvalue weighted by molar-refractivity contribution is -0.125. The Balaban J connectivity index is 3.41. The first-order valence-electron chi connectivity index (χ1n) is 5.71. The average Bonchev–Trinajstić information content (AvgIpc) is 2.21. The number of hydrogen-bond donors (Lipinski definition) is 2. The molecule has 5 heteroatoms. The molecule has 2 atom stereocenters. The van der Waals surface area contributed by atoms with Crippen molar-refractivity contribution < 1.29 is 9.53 Å². The minimum atomic E-state index is -0.151. The third-order valence-corrected chi connectivity index (χ3v) is 2.43. The summed E-state index contributed by atoms with van der Waals surface area (Å²) in [5.74, 6) is -0.159. The van der Waals surface area contributed by atoms with Gasteiger partial charge in [-0.05, 0) is 21.0 Å². The highest BCUT2D eigenvalue weighted by Gasteiger charge is 2.15. The van der Waals surface area contributed by atoms with Gasteiger partial charge in [-0.1, -0.05) is 6.92 Å². The maximum atomic E-state index is 11.5. The minimum absolute atomic E-state index is 0.00814. The average molecular weight is 231 g/mol. The standard InChI is InChI=1S/C11H25N3O2/c1-9(10(2)12)11(15)13-5-7-16-8-6-14(3)4/h9-10H,5-8,12H2,1-4H3,(H,13,15). The van der Waals surface area contributed by atoms with E-state index in [9.17, 15) is 4.79 Å². The molecule has 16 heavy (non-hydrogen) atoms. The van der Waals surface area contributed by atoms with E-state index < -0.39 is 0 Å². The van der Waals surface area contributed by atoms with E-state index in [-0.39, 0.29) is 17.9 Å². The lowest BCUT2D eigenvalue weighted by Gasteiger charge is -2.15. The zero-order valence-corrected chi connectivity index (χ0v) is 10.8. The van der Waals surface area contributed by atoms with Crippen LogP contribution in [0, 0.1) is 5.92 Å². The Labute approximate surface area is 98.3 Å². The molecule has 1 amide bonds. The van der Waals surface area contributed by atoms with Crippen molar-refractivity contribution >= 4 is 5.91 Å². The van der Waals surface area contributed by atoms with Crippen molar-refractivity contribution in [3.63, 3.8) is 0 Å². The molecule has 0 bridgehead atoms. The van der Waals surface area contributed by atoms with Gasteiger partial charge in [0.25, 0.3) is 0 Å². The second-order valence-electron chi connectivity index (χ2n) is 4.35. The Hall–Kier alpha value is -0.650. The lowest BCUT2D eigenvalue weighted by atomic mass is 10.0. The highest BCUT2D eigenvalue weighted by atomic mass is 16.5. The van der Waals surface area contributed by atoms with Crippen LogP contribution < -0.4 is 11.1 Å². The van der Waals surface area contributed by atoms with Gasteiger partial charge in [-0.3, -0.25) is 4.79 Å². The second kappa shape index (κ2) is 8.50. The van der Waals surface area contributed by atoms with E-state index in [1.807, 2.05) is 27.9 Å². The summed E-state index contributed by atoms with van der Waals surface area (Å²) >= 11 is 0. The third kappa shape index (κ3) is 7.62. The molecule has 0 aliphatic rings. The molecule has 0 aromatic rings. The van der Waals surface area contributed by atoms with Gasteiger partial charge in [0, 0.05) is 25.0 Å². The largest absolute Gasteiger partial charge is 0.378 e. The number of nitrogens with one attached hydrogen (secondary N) is 1. The number of ether oxygens (including phenoxy) is 1. The Morgan fingerprint density at radius 3 is 2.50 bits per heavy atom. The van der Waals surface area contributed by atoms with E-state index in [2.05, 4.69) is 10.2 Å². The van der Waals surface area contributed by atoms with Gasteiger partial charge in [-0.25, -0.2) is 0 Å². The molecule has 0 heterocycles. The first kappa shape index (κ1) is 15.3. The van der Waals surface area contributed by atoms with Gasteiger partial charge < -0.3 is 20.7 Å². The molecule has 0 rings (SSSR count). The van der Waals surface area contributed by atoms with E-state index in [4.69, 9.17) is 10.5 Å². The Bertz CT molecular complexity index is 196. The molecular weight excluding hydrogens is 206 g/mol. The molecule has 0 spiro atoms. The highest BCUT2D eigenvalue weighted by Crippen LogP contribution is 1.98. The van der Waals surface area contributed by atoms with Crippen molar-refractivity contribution in [2.45, 2.75) is 19.9 Å². The summed E-state index contributed by atoms with van der Waals surface area (Å²) < 4.78 is 5.35. The van der Waals surface area contributed by atoms with E-state index in [0.29, 0.717) is 19.8 Å². The van der Waals surface area contributed by atoms with Gasteiger partial charge in [-0.15, -0.1) is 0 Å². The summed E-state index contributed by atoms with van der Waals surface area (Å²) in [7, 11) is 3.99. The molecule has 0 aromatic heterocycles. The zero-order chi connectivity index (χ0) is 12.6. The third-order valence-electron chi connectivity index (χ3n) is 2.43. The van der Waals surface area contributed by atoms with E-state index >= 15 is 0 Å². The first-order valence-corrected chi connectivity index (χ1v) is 5.71. The van der Waals surface area contributed by atoms with Crippen LogP contribution in [-0.4, -0.2) is 57.2 Å². The van der Waals surface area contributed by atoms with Crippen molar-refractivity contribution in [3.05, 3.63) is 0 Å². The predicted octanol–water partition coefficient (Wildman–Crippen LogP) is -0.336.